The van der Waals surface area contributed by atoms with Crippen LogP contribution in [0.15, 0.2) is 30.5 Å². The van der Waals surface area contributed by atoms with Gasteiger partial charge >= 0.3 is 0 Å². The van der Waals surface area contributed by atoms with E-state index in [-0.39, 0.29) is 0 Å². The lowest BCUT2D eigenvalue weighted by molar-refractivity contribution is 0.122. The number of morpholine rings is 1. The van der Waals surface area contributed by atoms with Crippen molar-refractivity contribution in [3.8, 4) is 0 Å². The smallest absolute Gasteiger partial charge is 0.227 e. The van der Waals surface area contributed by atoms with Crippen LogP contribution in [0.1, 0.15) is 5.56 Å². The van der Waals surface area contributed by atoms with Crippen LogP contribution < -0.4 is 9.80 Å². The highest BCUT2D eigenvalue weighted by Crippen LogP contribution is 2.37. The Balaban J connectivity index is 1.69. The topological polar surface area (TPSA) is 41.5 Å². The normalized spacial score (nSPS) is 17.7. The number of benzene rings is 1. The van der Waals surface area contributed by atoms with Crippen LogP contribution in [0, 0.1) is 0 Å². The van der Waals surface area contributed by atoms with Crippen molar-refractivity contribution in [1.29, 1.82) is 0 Å². The van der Waals surface area contributed by atoms with Gasteiger partial charge in [-0.2, -0.15) is 4.98 Å². The molecule has 3 heterocycles. The average molecular weight is 317 g/mol. The Hall–Kier alpha value is -1.85. The van der Waals surface area contributed by atoms with Crippen LogP contribution >= 0.6 is 11.6 Å². The lowest BCUT2D eigenvalue weighted by Gasteiger charge is -2.27. The summed E-state index contributed by atoms with van der Waals surface area (Å²) in [7, 11) is 0. The molecule has 1 fully saturated rings. The van der Waals surface area contributed by atoms with Crippen LogP contribution in [0.4, 0.5) is 17.5 Å². The molecule has 2 aliphatic heterocycles. The van der Waals surface area contributed by atoms with Gasteiger partial charge in [0.15, 0.2) is 0 Å². The molecule has 0 spiro atoms. The summed E-state index contributed by atoms with van der Waals surface area (Å²) in [6.45, 7) is 4.03. The average Bonchev–Trinajstić information content (AvgIpc) is 2.99. The van der Waals surface area contributed by atoms with Crippen molar-refractivity contribution in [2.24, 2.45) is 0 Å². The maximum Gasteiger partial charge on any atom is 0.227 e. The molecule has 0 saturated carbocycles. The first-order chi connectivity index (χ1) is 10.8. The second kappa shape index (κ2) is 5.74. The van der Waals surface area contributed by atoms with Crippen molar-refractivity contribution >= 4 is 29.1 Å². The van der Waals surface area contributed by atoms with E-state index in [9.17, 15) is 0 Å². The van der Waals surface area contributed by atoms with Crippen molar-refractivity contribution in [1.82, 2.24) is 9.97 Å². The lowest BCUT2D eigenvalue weighted by Crippen LogP contribution is -2.37. The zero-order valence-corrected chi connectivity index (χ0v) is 13.0. The third-order valence-electron chi connectivity index (χ3n) is 4.13. The zero-order valence-electron chi connectivity index (χ0n) is 12.2. The molecule has 6 heteroatoms. The molecule has 0 unspecified atom stereocenters. The highest BCUT2D eigenvalue weighted by molar-refractivity contribution is 6.33. The Morgan fingerprint density at radius 2 is 1.91 bits per heavy atom. The van der Waals surface area contributed by atoms with E-state index >= 15 is 0 Å². The number of aromatic nitrogens is 2. The van der Waals surface area contributed by atoms with Gasteiger partial charge < -0.3 is 14.5 Å². The molecule has 1 aromatic heterocycles. The first-order valence-corrected chi connectivity index (χ1v) is 7.91. The monoisotopic (exact) mass is 316 g/mol. The first kappa shape index (κ1) is 13.8. The number of halogens is 1. The highest BCUT2D eigenvalue weighted by atomic mass is 35.5. The fourth-order valence-corrected chi connectivity index (χ4v) is 3.20. The molecular weight excluding hydrogens is 300 g/mol. The quantitative estimate of drug-likeness (QED) is 0.852. The summed E-state index contributed by atoms with van der Waals surface area (Å²) in [4.78, 5) is 13.7. The molecule has 22 heavy (non-hydrogen) atoms. The molecule has 0 radical (unpaired) electrons. The maximum atomic E-state index is 6.35. The SMILES string of the molecule is Clc1ccccc1N1CCc2cnc(N3CCOCC3)nc21. The Morgan fingerprint density at radius 3 is 2.73 bits per heavy atom. The van der Waals surface area contributed by atoms with E-state index in [4.69, 9.17) is 21.3 Å². The molecule has 0 N–H and O–H groups in total. The van der Waals surface area contributed by atoms with Gasteiger partial charge in [0.2, 0.25) is 5.95 Å². The van der Waals surface area contributed by atoms with Crippen LogP contribution in [0.3, 0.4) is 0 Å². The molecule has 0 bridgehead atoms. The van der Waals surface area contributed by atoms with Gasteiger partial charge in [-0.1, -0.05) is 23.7 Å². The standard InChI is InChI=1S/C16H17ClN4O/c17-13-3-1-2-4-14(13)21-6-5-12-11-18-16(19-15(12)21)20-7-9-22-10-8-20/h1-4,11H,5-10H2. The van der Waals surface area contributed by atoms with E-state index in [1.165, 1.54) is 5.56 Å². The van der Waals surface area contributed by atoms with E-state index in [0.29, 0.717) is 0 Å². The van der Waals surface area contributed by atoms with E-state index < -0.39 is 0 Å². The molecule has 1 aromatic carbocycles. The Labute approximate surface area is 134 Å². The predicted molar refractivity (Wildman–Crippen MR) is 87.2 cm³/mol. The summed E-state index contributed by atoms with van der Waals surface area (Å²) in [5, 5.41) is 0.752. The van der Waals surface area contributed by atoms with Gasteiger partial charge in [-0.05, 0) is 18.6 Å². The summed E-state index contributed by atoms with van der Waals surface area (Å²) in [5.41, 5.74) is 2.19. The van der Waals surface area contributed by atoms with Crippen molar-refractivity contribution in [2.75, 3.05) is 42.6 Å². The first-order valence-electron chi connectivity index (χ1n) is 7.53. The molecule has 0 aliphatic carbocycles. The number of hydrogen-bond donors (Lipinski definition) is 0. The van der Waals surface area contributed by atoms with Crippen molar-refractivity contribution < 1.29 is 4.74 Å². The second-order valence-corrected chi connectivity index (χ2v) is 5.88. The molecule has 1 saturated heterocycles. The Bertz CT molecular complexity index is 688. The summed E-state index contributed by atoms with van der Waals surface area (Å²) in [6.07, 6.45) is 2.90. The van der Waals surface area contributed by atoms with Crippen molar-refractivity contribution in [3.05, 3.63) is 41.0 Å². The van der Waals surface area contributed by atoms with Gasteiger partial charge in [-0.3, -0.25) is 0 Å². The van der Waals surface area contributed by atoms with Gasteiger partial charge in [-0.25, -0.2) is 4.98 Å². The van der Waals surface area contributed by atoms with Crippen LogP contribution in [-0.4, -0.2) is 42.8 Å². The second-order valence-electron chi connectivity index (χ2n) is 5.47. The molecule has 2 aliphatic rings. The van der Waals surface area contributed by atoms with Crippen molar-refractivity contribution in [3.63, 3.8) is 0 Å². The molecule has 0 amide bonds. The predicted octanol–water partition coefficient (Wildman–Crippen LogP) is 2.66. The van der Waals surface area contributed by atoms with E-state index in [1.54, 1.807) is 0 Å². The molecule has 4 rings (SSSR count). The van der Waals surface area contributed by atoms with Crippen LogP contribution in [-0.2, 0) is 11.2 Å². The number of para-hydroxylation sites is 1. The molecular formula is C16H17ClN4O. The minimum atomic E-state index is 0.731. The fraction of sp³-hybridized carbons (Fsp3) is 0.375. The number of ether oxygens (including phenoxy) is 1. The highest BCUT2D eigenvalue weighted by Gasteiger charge is 2.26. The minimum absolute atomic E-state index is 0.731. The molecule has 114 valence electrons. The number of rotatable bonds is 2. The third kappa shape index (κ3) is 2.40. The fourth-order valence-electron chi connectivity index (χ4n) is 2.96. The lowest BCUT2D eigenvalue weighted by atomic mass is 10.3. The van der Waals surface area contributed by atoms with Gasteiger partial charge in [-0.15, -0.1) is 0 Å². The van der Waals surface area contributed by atoms with Gasteiger partial charge in [0.25, 0.3) is 0 Å². The number of fused-ring (bicyclic) bond motifs is 1. The maximum absolute atomic E-state index is 6.35. The summed E-state index contributed by atoms with van der Waals surface area (Å²) in [5.74, 6) is 1.76. The Morgan fingerprint density at radius 1 is 1.09 bits per heavy atom. The zero-order chi connectivity index (χ0) is 14.9. The van der Waals surface area contributed by atoms with Gasteiger partial charge in [0, 0.05) is 31.4 Å². The van der Waals surface area contributed by atoms with Crippen LogP contribution in [0.5, 0.6) is 0 Å². The number of hydrogen-bond acceptors (Lipinski definition) is 5. The third-order valence-corrected chi connectivity index (χ3v) is 4.45. The minimum Gasteiger partial charge on any atom is -0.378 e. The molecule has 2 aromatic rings. The van der Waals surface area contributed by atoms with Crippen LogP contribution in [0.2, 0.25) is 5.02 Å². The van der Waals surface area contributed by atoms with E-state index in [1.807, 2.05) is 30.5 Å². The van der Waals surface area contributed by atoms with Crippen molar-refractivity contribution in [2.45, 2.75) is 6.42 Å². The largest absolute Gasteiger partial charge is 0.378 e. The number of nitrogens with zero attached hydrogens (tertiary/aromatic N) is 4. The molecule has 0 atom stereocenters. The van der Waals surface area contributed by atoms with Crippen LogP contribution in [0.25, 0.3) is 0 Å². The van der Waals surface area contributed by atoms with E-state index in [0.717, 1.165) is 61.7 Å². The molecule has 5 nitrogen and oxygen atoms in total. The summed E-state index contributed by atoms with van der Waals surface area (Å²) < 4.78 is 5.39. The van der Waals surface area contributed by atoms with E-state index in [2.05, 4.69) is 14.8 Å². The Kier molecular flexibility index (Phi) is 3.60. The summed E-state index contributed by atoms with van der Waals surface area (Å²) in [6, 6.07) is 7.90. The summed E-state index contributed by atoms with van der Waals surface area (Å²) >= 11 is 6.35. The number of anilines is 3. The van der Waals surface area contributed by atoms with Gasteiger partial charge in [0.1, 0.15) is 5.82 Å². The van der Waals surface area contributed by atoms with Gasteiger partial charge in [0.05, 0.1) is 23.9 Å².